The Morgan fingerprint density at radius 1 is 1.35 bits per heavy atom. The second-order valence-electron chi connectivity index (χ2n) is 5.34. The van der Waals surface area contributed by atoms with E-state index in [0.717, 1.165) is 10.6 Å². The van der Waals surface area contributed by atoms with Crippen LogP contribution in [0, 0.1) is 5.41 Å². The van der Waals surface area contributed by atoms with Crippen LogP contribution in [0.25, 0.3) is 0 Å². The van der Waals surface area contributed by atoms with E-state index >= 15 is 0 Å². The van der Waals surface area contributed by atoms with Crippen molar-refractivity contribution in [3.63, 3.8) is 0 Å². The van der Waals surface area contributed by atoms with Gasteiger partial charge in [-0.1, -0.05) is 38.1 Å². The van der Waals surface area contributed by atoms with Gasteiger partial charge in [-0.05, 0) is 12.1 Å². The molecule has 1 amide bonds. The van der Waals surface area contributed by atoms with Crippen molar-refractivity contribution >= 4 is 23.4 Å². The molecule has 0 saturated carbocycles. The lowest BCUT2D eigenvalue weighted by Gasteiger charge is -2.19. The Balaban J connectivity index is 2.08. The largest absolute Gasteiger partial charge is 0.343 e. The Labute approximate surface area is 122 Å². The van der Waals surface area contributed by atoms with Crippen LogP contribution < -0.4 is 5.32 Å². The highest BCUT2D eigenvalue weighted by molar-refractivity contribution is 7.98. The van der Waals surface area contributed by atoms with Gasteiger partial charge in [-0.25, -0.2) is 0 Å². The third kappa shape index (κ3) is 3.84. The van der Waals surface area contributed by atoms with E-state index in [2.05, 4.69) is 15.5 Å². The first-order valence-corrected chi connectivity index (χ1v) is 7.24. The van der Waals surface area contributed by atoms with Crippen molar-refractivity contribution in [3.05, 3.63) is 36.5 Å². The number of hydrogen-bond acceptors (Lipinski definition) is 5. The van der Waals surface area contributed by atoms with Gasteiger partial charge < -0.3 is 9.84 Å². The van der Waals surface area contributed by atoms with Crippen LogP contribution in [-0.2, 0) is 10.5 Å². The van der Waals surface area contributed by atoms with Gasteiger partial charge in [0.25, 0.3) is 0 Å². The number of rotatable bonds is 4. The summed E-state index contributed by atoms with van der Waals surface area (Å²) in [5.41, 5.74) is 0.381. The van der Waals surface area contributed by atoms with Gasteiger partial charge in [-0.15, -0.1) is 11.8 Å². The standard InChI is InChI=1S/C14H17N3O2S/c1-14(2,3)13(18)16-10-6-4-5-7-11(10)20-8-12-15-9-19-17-12/h4-7,9H,8H2,1-3H3,(H,16,18). The molecule has 0 radical (unpaired) electrons. The van der Waals surface area contributed by atoms with Crippen LogP contribution in [0.15, 0.2) is 40.1 Å². The highest BCUT2D eigenvalue weighted by atomic mass is 32.2. The molecule has 0 spiro atoms. The molecule has 0 bridgehead atoms. The third-order valence-electron chi connectivity index (χ3n) is 2.58. The lowest BCUT2D eigenvalue weighted by Crippen LogP contribution is -2.27. The van der Waals surface area contributed by atoms with Gasteiger partial charge in [0.2, 0.25) is 12.3 Å². The minimum absolute atomic E-state index is 0.00916. The summed E-state index contributed by atoms with van der Waals surface area (Å²) < 4.78 is 4.70. The summed E-state index contributed by atoms with van der Waals surface area (Å²) in [5, 5.41) is 6.72. The number of nitrogens with zero attached hydrogens (tertiary/aromatic N) is 2. The lowest BCUT2D eigenvalue weighted by molar-refractivity contribution is -0.123. The van der Waals surface area contributed by atoms with E-state index in [-0.39, 0.29) is 5.91 Å². The monoisotopic (exact) mass is 291 g/mol. The molecule has 0 fully saturated rings. The average molecular weight is 291 g/mol. The summed E-state index contributed by atoms with van der Waals surface area (Å²) in [6.07, 6.45) is 1.31. The summed E-state index contributed by atoms with van der Waals surface area (Å²) in [5.74, 6) is 1.22. The zero-order valence-corrected chi connectivity index (χ0v) is 12.5. The van der Waals surface area contributed by atoms with Gasteiger partial charge in [0.05, 0.1) is 11.4 Å². The van der Waals surface area contributed by atoms with Gasteiger partial charge in [0, 0.05) is 10.3 Å². The minimum atomic E-state index is -0.425. The van der Waals surface area contributed by atoms with Crippen LogP contribution in [0.5, 0.6) is 0 Å². The van der Waals surface area contributed by atoms with Crippen LogP contribution in [0.2, 0.25) is 0 Å². The van der Waals surface area contributed by atoms with E-state index in [0.29, 0.717) is 11.6 Å². The fourth-order valence-electron chi connectivity index (χ4n) is 1.40. The van der Waals surface area contributed by atoms with Gasteiger partial charge >= 0.3 is 0 Å². The lowest BCUT2D eigenvalue weighted by atomic mass is 9.95. The molecule has 0 unspecified atom stereocenters. The first-order chi connectivity index (χ1) is 9.47. The predicted octanol–water partition coefficient (Wildman–Crippen LogP) is 3.35. The molecular weight excluding hydrogens is 274 g/mol. The van der Waals surface area contributed by atoms with E-state index in [9.17, 15) is 4.79 Å². The molecule has 1 heterocycles. The van der Waals surface area contributed by atoms with E-state index in [1.54, 1.807) is 11.8 Å². The maximum atomic E-state index is 12.1. The van der Waals surface area contributed by atoms with Crippen molar-refractivity contribution in [2.75, 3.05) is 5.32 Å². The number of anilines is 1. The number of carbonyl (C=O) groups excluding carboxylic acids is 1. The number of amides is 1. The van der Waals surface area contributed by atoms with Crippen molar-refractivity contribution in [1.29, 1.82) is 0 Å². The predicted molar refractivity (Wildman–Crippen MR) is 78.4 cm³/mol. The average Bonchev–Trinajstić information content (AvgIpc) is 2.89. The number of benzene rings is 1. The SMILES string of the molecule is CC(C)(C)C(=O)Nc1ccccc1SCc1ncon1. The minimum Gasteiger partial charge on any atom is -0.343 e. The smallest absolute Gasteiger partial charge is 0.229 e. The third-order valence-corrected chi connectivity index (χ3v) is 3.65. The Morgan fingerprint density at radius 3 is 2.75 bits per heavy atom. The molecule has 1 N–H and O–H groups in total. The van der Waals surface area contributed by atoms with E-state index < -0.39 is 5.41 Å². The molecule has 0 saturated heterocycles. The summed E-state index contributed by atoms with van der Waals surface area (Å²) in [6, 6.07) is 7.69. The van der Waals surface area contributed by atoms with E-state index in [1.165, 1.54) is 6.39 Å². The van der Waals surface area contributed by atoms with Crippen molar-refractivity contribution in [3.8, 4) is 0 Å². The molecule has 0 aliphatic rings. The number of carbonyl (C=O) groups is 1. The summed E-state index contributed by atoms with van der Waals surface area (Å²) in [4.78, 5) is 17.0. The molecule has 1 aromatic carbocycles. The zero-order chi connectivity index (χ0) is 14.6. The highest BCUT2D eigenvalue weighted by Crippen LogP contribution is 2.30. The molecule has 106 valence electrons. The van der Waals surface area contributed by atoms with E-state index in [1.807, 2.05) is 45.0 Å². The molecule has 0 atom stereocenters. The second-order valence-corrected chi connectivity index (χ2v) is 6.35. The first kappa shape index (κ1) is 14.6. The van der Waals surface area contributed by atoms with Crippen molar-refractivity contribution in [1.82, 2.24) is 10.1 Å². The number of hydrogen-bond donors (Lipinski definition) is 1. The van der Waals surface area contributed by atoms with Gasteiger partial charge in [-0.2, -0.15) is 4.98 Å². The zero-order valence-electron chi connectivity index (χ0n) is 11.7. The Kier molecular flexibility index (Phi) is 4.44. The fraction of sp³-hybridized carbons (Fsp3) is 0.357. The molecule has 20 heavy (non-hydrogen) atoms. The molecular formula is C14H17N3O2S. The maximum Gasteiger partial charge on any atom is 0.229 e. The first-order valence-electron chi connectivity index (χ1n) is 6.25. The molecule has 6 heteroatoms. The van der Waals surface area contributed by atoms with Crippen LogP contribution in [-0.4, -0.2) is 16.0 Å². The van der Waals surface area contributed by atoms with Crippen LogP contribution in [0.1, 0.15) is 26.6 Å². The second kappa shape index (κ2) is 6.09. The molecule has 5 nitrogen and oxygen atoms in total. The normalized spacial score (nSPS) is 11.3. The molecule has 2 rings (SSSR count). The number of nitrogens with one attached hydrogen (secondary N) is 1. The van der Waals surface area contributed by atoms with Crippen molar-refractivity contribution < 1.29 is 9.32 Å². The summed E-state index contributed by atoms with van der Waals surface area (Å²) in [6.45, 7) is 5.66. The van der Waals surface area contributed by atoms with Crippen LogP contribution >= 0.6 is 11.8 Å². The topological polar surface area (TPSA) is 68.0 Å². The molecule has 1 aromatic heterocycles. The highest BCUT2D eigenvalue weighted by Gasteiger charge is 2.22. The summed E-state index contributed by atoms with van der Waals surface area (Å²) >= 11 is 1.56. The van der Waals surface area contributed by atoms with Crippen LogP contribution in [0.3, 0.4) is 0 Å². The summed E-state index contributed by atoms with van der Waals surface area (Å²) in [7, 11) is 0. The Morgan fingerprint density at radius 2 is 2.10 bits per heavy atom. The fourth-order valence-corrected chi connectivity index (χ4v) is 2.27. The van der Waals surface area contributed by atoms with Gasteiger partial charge in [-0.3, -0.25) is 4.79 Å². The van der Waals surface area contributed by atoms with Crippen molar-refractivity contribution in [2.45, 2.75) is 31.4 Å². The molecule has 0 aliphatic heterocycles. The number of aromatic nitrogens is 2. The Hall–Kier alpha value is -1.82. The van der Waals surface area contributed by atoms with Crippen LogP contribution in [0.4, 0.5) is 5.69 Å². The Bertz CT molecular complexity index is 576. The maximum absolute atomic E-state index is 12.1. The van der Waals surface area contributed by atoms with Gasteiger partial charge in [0.15, 0.2) is 5.82 Å². The molecule has 0 aliphatic carbocycles. The van der Waals surface area contributed by atoms with Crippen molar-refractivity contribution in [2.24, 2.45) is 5.41 Å². The molecule has 2 aromatic rings. The number of thioether (sulfide) groups is 1. The quantitative estimate of drug-likeness (QED) is 0.875. The van der Waals surface area contributed by atoms with E-state index in [4.69, 9.17) is 4.52 Å². The van der Waals surface area contributed by atoms with Gasteiger partial charge in [0.1, 0.15) is 0 Å². The number of para-hydroxylation sites is 1.